The van der Waals surface area contributed by atoms with Gasteiger partial charge in [-0.2, -0.15) is 4.98 Å². The van der Waals surface area contributed by atoms with Gasteiger partial charge < -0.3 is 10.7 Å². The van der Waals surface area contributed by atoms with Crippen LogP contribution in [0.1, 0.15) is 18.9 Å². The molecule has 0 saturated carbocycles. The zero-order valence-electron chi connectivity index (χ0n) is 8.22. The van der Waals surface area contributed by atoms with Gasteiger partial charge in [0.25, 0.3) is 5.56 Å². The molecular weight excluding hydrogens is 192 g/mol. The third-order valence-electron chi connectivity index (χ3n) is 1.96. The van der Waals surface area contributed by atoms with E-state index < -0.39 is 0 Å². The van der Waals surface area contributed by atoms with Crippen molar-refractivity contribution >= 4 is 17.0 Å². The summed E-state index contributed by atoms with van der Waals surface area (Å²) in [7, 11) is 0. The lowest BCUT2D eigenvalue weighted by Gasteiger charge is -1.92. The Bertz CT molecular complexity index is 612. The lowest BCUT2D eigenvalue weighted by Crippen LogP contribution is -2.11. The first kappa shape index (κ1) is 9.34. The molecule has 0 spiro atoms. The second-order valence-corrected chi connectivity index (χ2v) is 3.03. The molecule has 2 rings (SSSR count). The summed E-state index contributed by atoms with van der Waals surface area (Å²) in [5.74, 6) is 5.90. The molecular formula is C10H10N4O. The Balaban J connectivity index is 2.75. The van der Waals surface area contributed by atoms with E-state index in [1.165, 1.54) is 0 Å². The highest BCUT2D eigenvalue weighted by Crippen LogP contribution is 2.10. The summed E-state index contributed by atoms with van der Waals surface area (Å²) in [6.45, 7) is 1.95. The predicted molar refractivity (Wildman–Crippen MR) is 58.3 cm³/mol. The standard InChI is InChI=1S/C10H10N4O/c1-2-3-4-6-5-12-8-7(6)9(15)14-10(11)13-8/h5H,2H2,1H3,(H4,11,12,13,14,15). The molecule has 0 atom stereocenters. The third-order valence-corrected chi connectivity index (χ3v) is 1.96. The summed E-state index contributed by atoms with van der Waals surface area (Å²) < 4.78 is 0. The number of hydrogen-bond acceptors (Lipinski definition) is 3. The molecule has 0 unspecified atom stereocenters. The maximum atomic E-state index is 11.6. The molecule has 76 valence electrons. The zero-order valence-corrected chi connectivity index (χ0v) is 8.22. The number of aromatic amines is 2. The maximum absolute atomic E-state index is 11.6. The van der Waals surface area contributed by atoms with Crippen LogP contribution in [0.2, 0.25) is 0 Å². The summed E-state index contributed by atoms with van der Waals surface area (Å²) in [4.78, 5) is 20.8. The van der Waals surface area contributed by atoms with Crippen LogP contribution in [-0.4, -0.2) is 15.0 Å². The van der Waals surface area contributed by atoms with E-state index >= 15 is 0 Å². The maximum Gasteiger partial charge on any atom is 0.263 e. The first-order valence-corrected chi connectivity index (χ1v) is 4.58. The van der Waals surface area contributed by atoms with Crippen molar-refractivity contribution in [3.8, 4) is 11.8 Å². The van der Waals surface area contributed by atoms with Crippen LogP contribution in [0, 0.1) is 11.8 Å². The fourth-order valence-electron chi connectivity index (χ4n) is 1.34. The van der Waals surface area contributed by atoms with Gasteiger partial charge in [0.1, 0.15) is 5.65 Å². The highest BCUT2D eigenvalue weighted by molar-refractivity contribution is 5.82. The first-order valence-electron chi connectivity index (χ1n) is 4.58. The zero-order chi connectivity index (χ0) is 10.8. The molecule has 0 amide bonds. The van der Waals surface area contributed by atoms with Crippen LogP contribution < -0.4 is 11.3 Å². The highest BCUT2D eigenvalue weighted by atomic mass is 16.1. The van der Waals surface area contributed by atoms with Crippen molar-refractivity contribution in [3.63, 3.8) is 0 Å². The van der Waals surface area contributed by atoms with Crippen molar-refractivity contribution in [2.45, 2.75) is 13.3 Å². The van der Waals surface area contributed by atoms with E-state index in [0.29, 0.717) is 16.6 Å². The predicted octanol–water partition coefficient (Wildman–Crippen LogP) is 0.595. The smallest absolute Gasteiger partial charge is 0.263 e. The Hall–Kier alpha value is -2.22. The summed E-state index contributed by atoms with van der Waals surface area (Å²) in [6.07, 6.45) is 2.40. The number of fused-ring (bicyclic) bond motifs is 1. The van der Waals surface area contributed by atoms with Gasteiger partial charge in [0.05, 0.1) is 10.9 Å². The topological polar surface area (TPSA) is 87.6 Å². The normalized spacial score (nSPS) is 9.93. The van der Waals surface area contributed by atoms with Crippen molar-refractivity contribution in [2.75, 3.05) is 5.73 Å². The number of hydrogen-bond donors (Lipinski definition) is 3. The Labute approximate surface area is 85.7 Å². The Kier molecular flexibility index (Phi) is 2.18. The summed E-state index contributed by atoms with van der Waals surface area (Å²) in [5, 5.41) is 0.463. The van der Waals surface area contributed by atoms with Gasteiger partial charge in [0, 0.05) is 12.6 Å². The van der Waals surface area contributed by atoms with Gasteiger partial charge in [-0.25, -0.2) is 0 Å². The van der Waals surface area contributed by atoms with E-state index in [-0.39, 0.29) is 11.5 Å². The largest absolute Gasteiger partial charge is 0.369 e. The lowest BCUT2D eigenvalue weighted by atomic mass is 10.2. The van der Waals surface area contributed by atoms with Crippen LogP contribution >= 0.6 is 0 Å². The van der Waals surface area contributed by atoms with Crippen LogP contribution in [0.5, 0.6) is 0 Å². The summed E-state index contributed by atoms with van der Waals surface area (Å²) in [5.41, 5.74) is 6.27. The lowest BCUT2D eigenvalue weighted by molar-refractivity contribution is 1.17. The van der Waals surface area contributed by atoms with Gasteiger partial charge in [-0.05, 0) is 0 Å². The van der Waals surface area contributed by atoms with Crippen molar-refractivity contribution in [1.29, 1.82) is 0 Å². The van der Waals surface area contributed by atoms with E-state index in [0.717, 1.165) is 6.42 Å². The Morgan fingerprint density at radius 2 is 2.40 bits per heavy atom. The van der Waals surface area contributed by atoms with Gasteiger partial charge >= 0.3 is 0 Å². The molecule has 2 aromatic rings. The van der Waals surface area contributed by atoms with E-state index in [2.05, 4.69) is 26.8 Å². The number of anilines is 1. The first-order chi connectivity index (χ1) is 7.22. The molecule has 2 aromatic heterocycles. The van der Waals surface area contributed by atoms with Crippen LogP contribution in [0.3, 0.4) is 0 Å². The Morgan fingerprint density at radius 3 is 3.13 bits per heavy atom. The number of nitrogens with zero attached hydrogens (tertiary/aromatic N) is 1. The molecule has 0 saturated heterocycles. The molecule has 0 aliphatic rings. The molecule has 15 heavy (non-hydrogen) atoms. The molecule has 5 heteroatoms. The average molecular weight is 202 g/mol. The van der Waals surface area contributed by atoms with Crippen LogP contribution in [-0.2, 0) is 0 Å². The number of aromatic nitrogens is 3. The van der Waals surface area contributed by atoms with Gasteiger partial charge in [0.15, 0.2) is 0 Å². The van der Waals surface area contributed by atoms with E-state index in [9.17, 15) is 4.79 Å². The Morgan fingerprint density at radius 1 is 1.60 bits per heavy atom. The van der Waals surface area contributed by atoms with Gasteiger partial charge in [-0.3, -0.25) is 9.78 Å². The number of nitrogens with one attached hydrogen (secondary N) is 2. The highest BCUT2D eigenvalue weighted by Gasteiger charge is 2.07. The molecule has 4 N–H and O–H groups in total. The molecule has 5 nitrogen and oxygen atoms in total. The van der Waals surface area contributed by atoms with E-state index in [1.54, 1.807) is 6.20 Å². The van der Waals surface area contributed by atoms with Crippen molar-refractivity contribution < 1.29 is 0 Å². The monoisotopic (exact) mass is 202 g/mol. The third kappa shape index (κ3) is 1.57. The molecule has 2 heterocycles. The molecule has 0 radical (unpaired) electrons. The van der Waals surface area contributed by atoms with Gasteiger partial charge in [-0.1, -0.05) is 18.8 Å². The van der Waals surface area contributed by atoms with Crippen LogP contribution in [0.4, 0.5) is 5.95 Å². The number of nitrogens with two attached hydrogens (primary N) is 1. The quantitative estimate of drug-likeness (QED) is 0.546. The minimum Gasteiger partial charge on any atom is -0.369 e. The fourth-order valence-corrected chi connectivity index (χ4v) is 1.34. The molecule has 0 aliphatic carbocycles. The summed E-state index contributed by atoms with van der Waals surface area (Å²) in [6, 6.07) is 0. The van der Waals surface area contributed by atoms with E-state index in [4.69, 9.17) is 5.73 Å². The average Bonchev–Trinajstić information content (AvgIpc) is 2.58. The number of H-pyrrole nitrogens is 2. The van der Waals surface area contributed by atoms with Gasteiger partial charge in [-0.15, -0.1) is 0 Å². The number of rotatable bonds is 0. The molecule has 0 aromatic carbocycles. The minimum atomic E-state index is -0.265. The SMILES string of the molecule is CCC#Cc1c[nH]c2nc(N)[nH]c(=O)c12. The number of nitrogen functional groups attached to an aromatic ring is 1. The van der Waals surface area contributed by atoms with Crippen molar-refractivity contribution in [2.24, 2.45) is 0 Å². The second kappa shape index (κ2) is 3.50. The second-order valence-electron chi connectivity index (χ2n) is 3.03. The minimum absolute atomic E-state index is 0.101. The summed E-state index contributed by atoms with van der Waals surface area (Å²) >= 11 is 0. The fraction of sp³-hybridized carbons (Fsp3) is 0.200. The molecule has 0 fully saturated rings. The van der Waals surface area contributed by atoms with Crippen molar-refractivity contribution in [3.05, 3.63) is 22.1 Å². The van der Waals surface area contributed by atoms with Crippen LogP contribution in [0.15, 0.2) is 11.0 Å². The molecule has 0 aliphatic heterocycles. The van der Waals surface area contributed by atoms with Gasteiger partial charge in [0.2, 0.25) is 5.95 Å². The van der Waals surface area contributed by atoms with E-state index in [1.807, 2.05) is 6.92 Å². The molecule has 0 bridgehead atoms. The van der Waals surface area contributed by atoms with Crippen LogP contribution in [0.25, 0.3) is 11.0 Å². The van der Waals surface area contributed by atoms with Crippen molar-refractivity contribution in [1.82, 2.24) is 15.0 Å².